The lowest BCUT2D eigenvalue weighted by molar-refractivity contribution is 0.0711. The average molecular weight is 385 g/mol. The molecule has 0 spiro atoms. The Morgan fingerprint density at radius 1 is 1.38 bits per heavy atom. The molecule has 0 bridgehead atoms. The molecule has 1 atom stereocenters. The summed E-state index contributed by atoms with van der Waals surface area (Å²) >= 11 is 5.00. The van der Waals surface area contributed by atoms with Crippen molar-refractivity contribution in [2.75, 3.05) is 25.4 Å². The summed E-state index contributed by atoms with van der Waals surface area (Å²) in [5.41, 5.74) is -0.933. The van der Waals surface area contributed by atoms with E-state index in [4.69, 9.17) is 0 Å². The Labute approximate surface area is 155 Å². The topological polar surface area (TPSA) is 69.5 Å². The summed E-state index contributed by atoms with van der Waals surface area (Å²) in [6.45, 7) is 5.80. The predicted molar refractivity (Wildman–Crippen MR) is 105 cm³/mol. The third-order valence-electron chi connectivity index (χ3n) is 3.19. The number of thioether (sulfide) groups is 1. The van der Waals surface area contributed by atoms with Crippen LogP contribution in [0.25, 0.3) is 0 Å². The molecule has 1 unspecified atom stereocenters. The third kappa shape index (κ3) is 6.43. The molecular weight excluding hydrogens is 360 g/mol. The van der Waals surface area contributed by atoms with Crippen LogP contribution in [-0.2, 0) is 5.60 Å². The lowest BCUT2D eigenvalue weighted by atomic mass is 10.1. The van der Waals surface area contributed by atoms with Crippen molar-refractivity contribution in [3.05, 3.63) is 34.0 Å². The molecule has 2 aromatic rings. The summed E-state index contributed by atoms with van der Waals surface area (Å²) in [5.74, 6) is 1.76. The number of thiazole rings is 1. The minimum absolute atomic E-state index is 0.330. The van der Waals surface area contributed by atoms with Gasteiger partial charge in [0.2, 0.25) is 0 Å². The molecule has 2 aromatic heterocycles. The van der Waals surface area contributed by atoms with Crippen LogP contribution in [0, 0.1) is 0 Å². The lowest BCUT2D eigenvalue weighted by Crippen LogP contribution is -2.39. The predicted octanol–water partition coefficient (Wildman–Crippen LogP) is 3.15. The van der Waals surface area contributed by atoms with Crippen molar-refractivity contribution in [1.82, 2.24) is 15.6 Å². The van der Waals surface area contributed by atoms with E-state index >= 15 is 0 Å². The zero-order valence-corrected chi connectivity index (χ0v) is 16.4. The molecule has 0 aliphatic carbocycles. The molecule has 0 aromatic carbocycles. The molecule has 0 saturated carbocycles. The van der Waals surface area contributed by atoms with Crippen molar-refractivity contribution in [2.24, 2.45) is 4.99 Å². The summed E-state index contributed by atoms with van der Waals surface area (Å²) < 4.78 is 1.11. The zero-order valence-electron chi connectivity index (χ0n) is 14.0. The normalized spacial score (nSPS) is 14.4. The van der Waals surface area contributed by atoms with Gasteiger partial charge in [-0.05, 0) is 31.7 Å². The first kappa shape index (κ1) is 19.2. The van der Waals surface area contributed by atoms with Crippen LogP contribution in [0.15, 0.2) is 38.4 Å². The van der Waals surface area contributed by atoms with E-state index in [1.807, 2.05) is 36.0 Å². The van der Waals surface area contributed by atoms with Crippen molar-refractivity contribution >= 4 is 40.4 Å². The standard InChI is InChI=1S/C16H24N4OS3/c1-3-17-14(18-7-5-10-23-15-19-8-11-24-15)20-12-16(2,21)13-6-4-9-22-13/h4,6,8-9,11,21H,3,5,7,10,12H2,1-2H3,(H2,17,18,20). The molecule has 0 fully saturated rings. The second kappa shape index (κ2) is 10.0. The molecule has 0 aliphatic rings. The summed E-state index contributed by atoms with van der Waals surface area (Å²) in [6.07, 6.45) is 2.86. The first-order valence-electron chi connectivity index (χ1n) is 7.92. The van der Waals surface area contributed by atoms with Gasteiger partial charge >= 0.3 is 0 Å². The highest BCUT2D eigenvalue weighted by Crippen LogP contribution is 2.25. The molecule has 0 saturated heterocycles. The van der Waals surface area contributed by atoms with Crippen molar-refractivity contribution in [3.8, 4) is 0 Å². The van der Waals surface area contributed by atoms with E-state index in [1.54, 1.807) is 41.4 Å². The highest BCUT2D eigenvalue weighted by Gasteiger charge is 2.23. The van der Waals surface area contributed by atoms with E-state index in [9.17, 15) is 5.11 Å². The molecule has 132 valence electrons. The van der Waals surface area contributed by atoms with Crippen molar-refractivity contribution in [1.29, 1.82) is 0 Å². The highest BCUT2D eigenvalue weighted by molar-refractivity contribution is 8.00. The van der Waals surface area contributed by atoms with Crippen LogP contribution in [0.5, 0.6) is 0 Å². The Balaban J connectivity index is 1.75. The van der Waals surface area contributed by atoms with E-state index in [-0.39, 0.29) is 0 Å². The molecule has 0 aliphatic heterocycles. The van der Waals surface area contributed by atoms with Crippen LogP contribution in [0.1, 0.15) is 25.1 Å². The van der Waals surface area contributed by atoms with Crippen molar-refractivity contribution in [2.45, 2.75) is 30.2 Å². The number of hydrogen-bond acceptors (Lipinski definition) is 6. The molecule has 8 heteroatoms. The Morgan fingerprint density at radius 3 is 2.92 bits per heavy atom. The molecule has 24 heavy (non-hydrogen) atoms. The van der Waals surface area contributed by atoms with E-state index in [2.05, 4.69) is 20.6 Å². The minimum Gasteiger partial charge on any atom is -0.383 e. The van der Waals surface area contributed by atoms with Crippen LogP contribution >= 0.6 is 34.4 Å². The Bertz CT molecular complexity index is 597. The molecule has 2 rings (SSSR count). The summed E-state index contributed by atoms with van der Waals surface area (Å²) in [7, 11) is 0. The van der Waals surface area contributed by atoms with Crippen LogP contribution in [0.2, 0.25) is 0 Å². The second-order valence-corrected chi connectivity index (χ2v) is 8.56. The first-order chi connectivity index (χ1) is 11.6. The number of nitrogens with zero attached hydrogens (tertiary/aromatic N) is 2. The largest absolute Gasteiger partial charge is 0.383 e. The molecule has 0 radical (unpaired) electrons. The smallest absolute Gasteiger partial charge is 0.191 e. The van der Waals surface area contributed by atoms with E-state index in [0.29, 0.717) is 6.54 Å². The SMILES string of the molecule is CCNC(=NCC(C)(O)c1cccs1)NCCCSc1nccs1. The monoisotopic (exact) mass is 384 g/mol. The van der Waals surface area contributed by atoms with Gasteiger partial charge in [-0.3, -0.25) is 0 Å². The fraction of sp³-hybridized carbons (Fsp3) is 0.500. The van der Waals surface area contributed by atoms with Crippen LogP contribution in [-0.4, -0.2) is 41.4 Å². The Hall–Kier alpha value is -1.09. The van der Waals surface area contributed by atoms with Gasteiger partial charge in [0.15, 0.2) is 5.96 Å². The van der Waals surface area contributed by atoms with Crippen LogP contribution in [0.3, 0.4) is 0 Å². The van der Waals surface area contributed by atoms with Crippen molar-refractivity contribution < 1.29 is 5.11 Å². The number of thiophene rings is 1. The third-order valence-corrected chi connectivity index (χ3v) is 6.37. The maximum absolute atomic E-state index is 10.5. The summed E-state index contributed by atoms with van der Waals surface area (Å²) in [4.78, 5) is 9.71. The van der Waals surface area contributed by atoms with Gasteiger partial charge in [-0.25, -0.2) is 9.98 Å². The number of nitrogens with one attached hydrogen (secondary N) is 2. The average Bonchev–Trinajstić information content (AvgIpc) is 3.25. The quantitative estimate of drug-likeness (QED) is 0.268. The highest BCUT2D eigenvalue weighted by atomic mass is 32.2. The van der Waals surface area contributed by atoms with E-state index < -0.39 is 5.60 Å². The maximum Gasteiger partial charge on any atom is 0.191 e. The van der Waals surface area contributed by atoms with Crippen LogP contribution < -0.4 is 10.6 Å². The number of aromatic nitrogens is 1. The Kier molecular flexibility index (Phi) is 8.04. The number of guanidine groups is 1. The fourth-order valence-electron chi connectivity index (χ4n) is 1.96. The van der Waals surface area contributed by atoms with Gasteiger partial charge in [0, 0.05) is 35.3 Å². The van der Waals surface area contributed by atoms with E-state index in [0.717, 1.165) is 40.4 Å². The number of hydrogen-bond donors (Lipinski definition) is 3. The van der Waals surface area contributed by atoms with Crippen LogP contribution in [0.4, 0.5) is 0 Å². The van der Waals surface area contributed by atoms with Gasteiger partial charge in [0.05, 0.1) is 6.54 Å². The number of aliphatic hydroxyl groups is 1. The van der Waals surface area contributed by atoms with Gasteiger partial charge in [0.25, 0.3) is 0 Å². The molecular formula is C16H24N4OS3. The fourth-order valence-corrected chi connectivity index (χ4v) is 4.38. The lowest BCUT2D eigenvalue weighted by Gasteiger charge is -2.20. The molecule has 5 nitrogen and oxygen atoms in total. The molecule has 2 heterocycles. The molecule has 3 N–H and O–H groups in total. The van der Waals surface area contributed by atoms with Gasteiger partial charge in [-0.15, -0.1) is 22.7 Å². The Morgan fingerprint density at radius 2 is 2.25 bits per heavy atom. The minimum atomic E-state index is -0.933. The van der Waals surface area contributed by atoms with Gasteiger partial charge < -0.3 is 15.7 Å². The van der Waals surface area contributed by atoms with Gasteiger partial charge in [-0.2, -0.15) is 0 Å². The first-order valence-corrected chi connectivity index (χ1v) is 10.7. The number of aliphatic imine (C=N–C) groups is 1. The van der Waals surface area contributed by atoms with Crippen molar-refractivity contribution in [3.63, 3.8) is 0 Å². The number of rotatable bonds is 9. The summed E-state index contributed by atoms with van der Waals surface area (Å²) in [5, 5.41) is 21.0. The second-order valence-electron chi connectivity index (χ2n) is 5.37. The molecule has 0 amide bonds. The van der Waals surface area contributed by atoms with Gasteiger partial charge in [-0.1, -0.05) is 17.8 Å². The zero-order chi connectivity index (χ0) is 17.3. The maximum atomic E-state index is 10.5. The van der Waals surface area contributed by atoms with E-state index in [1.165, 1.54) is 0 Å². The summed E-state index contributed by atoms with van der Waals surface area (Å²) in [6, 6.07) is 3.89. The van der Waals surface area contributed by atoms with Gasteiger partial charge in [0.1, 0.15) is 9.94 Å².